The van der Waals surface area contributed by atoms with Gasteiger partial charge in [0.1, 0.15) is 17.5 Å². The molecule has 3 N–H and O–H groups in total. The Hall–Kier alpha value is -2.84. The number of thioether (sulfide) groups is 1. The summed E-state index contributed by atoms with van der Waals surface area (Å²) in [5.41, 5.74) is 2.77. The minimum absolute atomic E-state index is 0. The van der Waals surface area contributed by atoms with Gasteiger partial charge in [0.05, 0.1) is 25.5 Å². The molecule has 7 nitrogen and oxygen atoms in total. The van der Waals surface area contributed by atoms with E-state index in [-0.39, 0.29) is 13.5 Å². The summed E-state index contributed by atoms with van der Waals surface area (Å²) in [5, 5.41) is 18.3. The van der Waals surface area contributed by atoms with Crippen molar-refractivity contribution in [2.45, 2.75) is 25.3 Å². The fraction of sp³-hybridized carbons (Fsp3) is 0.318. The number of pyridine rings is 1. The molecule has 2 aromatic heterocycles. The summed E-state index contributed by atoms with van der Waals surface area (Å²) in [6, 6.07) is 12.5. The highest BCUT2D eigenvalue weighted by Crippen LogP contribution is 2.34. The molecule has 3 aromatic rings. The number of H-pyrrole nitrogens is 1. The van der Waals surface area contributed by atoms with Crippen LogP contribution in [-0.2, 0) is 4.74 Å². The average Bonchev–Trinajstić information content (AvgIpc) is 3.26. The summed E-state index contributed by atoms with van der Waals surface area (Å²) in [4.78, 5) is 8.32. The number of nitrogens with zero attached hydrogens (tertiary/aromatic N) is 3. The second-order valence-corrected chi connectivity index (χ2v) is 7.76. The molecule has 3 heterocycles. The zero-order valence-electron chi connectivity index (χ0n) is 16.5. The molecule has 1 aliphatic rings. The number of anilines is 3. The highest BCUT2D eigenvalue weighted by atomic mass is 32.2. The molecule has 0 bridgehead atoms. The van der Waals surface area contributed by atoms with Crippen molar-refractivity contribution in [3.8, 4) is 11.1 Å². The highest BCUT2D eigenvalue weighted by Gasteiger charge is 2.23. The molecule has 1 unspecified atom stereocenters. The molecule has 1 fully saturated rings. The molecule has 0 saturated carbocycles. The largest absolute Gasteiger partial charge is 0.377 e. The van der Waals surface area contributed by atoms with Gasteiger partial charge in [-0.1, -0.05) is 19.6 Å². The first-order chi connectivity index (χ1) is 14.2. The number of hydrogen-bond donors (Lipinski definition) is 3. The Balaban J connectivity index is 0.00000256. The van der Waals surface area contributed by atoms with Crippen LogP contribution in [-0.4, -0.2) is 53.5 Å². The lowest BCUT2D eigenvalue weighted by molar-refractivity contribution is 0.0985. The normalized spacial score (nSPS) is 16.1. The van der Waals surface area contributed by atoms with Gasteiger partial charge >= 0.3 is 0 Å². The van der Waals surface area contributed by atoms with E-state index in [9.17, 15) is 0 Å². The number of aromatic amines is 1. The molecule has 1 saturated heterocycles. The van der Waals surface area contributed by atoms with Crippen molar-refractivity contribution in [2.75, 3.05) is 36.2 Å². The van der Waals surface area contributed by atoms with Crippen LogP contribution in [0, 0.1) is 5.41 Å². The summed E-state index contributed by atoms with van der Waals surface area (Å²) < 4.78 is 5.60. The molecule has 0 radical (unpaired) electrons. The second kappa shape index (κ2) is 9.77. The predicted octanol–water partition coefficient (Wildman–Crippen LogP) is 4.80. The Morgan fingerprint density at radius 3 is 2.90 bits per heavy atom. The van der Waals surface area contributed by atoms with Gasteiger partial charge in [-0.2, -0.15) is 5.10 Å². The first-order valence-electron chi connectivity index (χ1n) is 9.50. The first-order valence-corrected chi connectivity index (χ1v) is 10.7. The van der Waals surface area contributed by atoms with Gasteiger partial charge in [-0.15, -0.1) is 11.8 Å². The Labute approximate surface area is 181 Å². The highest BCUT2D eigenvalue weighted by molar-refractivity contribution is 7.98. The maximum Gasteiger partial charge on any atom is 0.143 e. The Bertz CT molecular complexity index is 991. The van der Waals surface area contributed by atoms with Crippen LogP contribution in [0.4, 0.5) is 17.5 Å². The third kappa shape index (κ3) is 4.49. The van der Waals surface area contributed by atoms with Crippen LogP contribution in [0.15, 0.2) is 47.5 Å². The van der Waals surface area contributed by atoms with Crippen LogP contribution < -0.4 is 10.2 Å². The van der Waals surface area contributed by atoms with Crippen molar-refractivity contribution in [3.05, 3.63) is 48.2 Å². The van der Waals surface area contributed by atoms with E-state index in [2.05, 4.69) is 57.9 Å². The van der Waals surface area contributed by atoms with Gasteiger partial charge in [-0.25, -0.2) is 4.98 Å². The smallest absolute Gasteiger partial charge is 0.143 e. The van der Waals surface area contributed by atoms with Gasteiger partial charge in [0.15, 0.2) is 0 Å². The van der Waals surface area contributed by atoms with Crippen LogP contribution in [0.3, 0.4) is 0 Å². The van der Waals surface area contributed by atoms with Crippen molar-refractivity contribution in [2.24, 2.45) is 0 Å². The molecule has 1 aromatic carbocycles. The van der Waals surface area contributed by atoms with E-state index in [1.165, 1.54) is 11.1 Å². The van der Waals surface area contributed by atoms with Crippen LogP contribution in [0.2, 0.25) is 0 Å². The minimum Gasteiger partial charge on any atom is -0.377 e. The number of benzene rings is 1. The third-order valence-electron chi connectivity index (χ3n) is 4.99. The number of hydrogen-bond acceptors (Lipinski definition) is 7. The van der Waals surface area contributed by atoms with E-state index >= 15 is 0 Å². The van der Waals surface area contributed by atoms with E-state index in [1.54, 1.807) is 18.0 Å². The third-order valence-corrected chi connectivity index (χ3v) is 5.71. The Kier molecular flexibility index (Phi) is 7.12. The van der Waals surface area contributed by atoms with E-state index < -0.39 is 0 Å². The van der Waals surface area contributed by atoms with Crippen LogP contribution in [0.25, 0.3) is 11.1 Å². The molecule has 30 heavy (non-hydrogen) atoms. The zero-order valence-corrected chi connectivity index (χ0v) is 17.3. The standard InChI is InChI=1S/C21H24N6OS.CH4/c1-14-13-28-9-8-27(14)20-11-17(15-4-3-5-16(10-15)29-2)18(12-22)21(25-20)24-19-6-7-23-26-19;/h3-7,10-12,14,22H,8-9,13H2,1-2H3,(H2,23,24,25,26);1H4. The summed E-state index contributed by atoms with van der Waals surface area (Å²) in [7, 11) is 0. The first kappa shape index (κ1) is 21.9. The van der Waals surface area contributed by atoms with Gasteiger partial charge in [0.2, 0.25) is 0 Å². The summed E-state index contributed by atoms with van der Waals surface area (Å²) in [6.07, 6.45) is 5.11. The molecule has 158 valence electrons. The van der Waals surface area contributed by atoms with Crippen molar-refractivity contribution in [3.63, 3.8) is 0 Å². The lowest BCUT2D eigenvalue weighted by Gasteiger charge is -2.35. The maximum atomic E-state index is 8.09. The lowest BCUT2D eigenvalue weighted by atomic mass is 10.0. The van der Waals surface area contributed by atoms with Gasteiger partial charge in [0.25, 0.3) is 0 Å². The van der Waals surface area contributed by atoms with Crippen molar-refractivity contribution >= 4 is 35.4 Å². The number of morpholine rings is 1. The predicted molar refractivity (Wildman–Crippen MR) is 126 cm³/mol. The van der Waals surface area contributed by atoms with E-state index in [0.29, 0.717) is 19.0 Å². The van der Waals surface area contributed by atoms with E-state index in [0.717, 1.165) is 34.9 Å². The molecule has 1 aliphatic heterocycles. The number of ether oxygens (including phenoxy) is 1. The number of rotatable bonds is 6. The number of nitrogens with one attached hydrogen (secondary N) is 3. The van der Waals surface area contributed by atoms with Gasteiger partial charge < -0.3 is 20.4 Å². The molecule has 8 heteroatoms. The fourth-order valence-corrected chi connectivity index (χ4v) is 3.94. The average molecular weight is 425 g/mol. The molecule has 0 aliphatic carbocycles. The van der Waals surface area contributed by atoms with Crippen molar-refractivity contribution in [1.29, 1.82) is 5.41 Å². The summed E-state index contributed by atoms with van der Waals surface area (Å²) in [5.74, 6) is 2.24. The molecule has 0 spiro atoms. The maximum absolute atomic E-state index is 8.09. The molecular weight excluding hydrogens is 396 g/mol. The van der Waals surface area contributed by atoms with Crippen molar-refractivity contribution < 1.29 is 4.74 Å². The monoisotopic (exact) mass is 424 g/mol. The number of aromatic nitrogens is 3. The molecule has 4 rings (SSSR count). The quantitative estimate of drug-likeness (QED) is 0.389. The van der Waals surface area contributed by atoms with Gasteiger partial charge in [-0.05, 0) is 42.5 Å². The van der Waals surface area contributed by atoms with Crippen LogP contribution in [0.5, 0.6) is 0 Å². The fourth-order valence-electron chi connectivity index (χ4n) is 3.48. The Morgan fingerprint density at radius 2 is 2.20 bits per heavy atom. The second-order valence-electron chi connectivity index (χ2n) is 6.88. The van der Waals surface area contributed by atoms with Gasteiger partial charge in [-0.3, -0.25) is 5.10 Å². The summed E-state index contributed by atoms with van der Waals surface area (Å²) >= 11 is 1.70. The SMILES string of the molecule is C.CSc1cccc(-c2cc(N3CCOCC3C)nc(Nc3ccn[nH]3)c2C=N)c1. The van der Waals surface area contributed by atoms with E-state index in [4.69, 9.17) is 15.1 Å². The molecule has 0 amide bonds. The van der Waals surface area contributed by atoms with Crippen molar-refractivity contribution in [1.82, 2.24) is 15.2 Å². The van der Waals surface area contributed by atoms with Crippen LogP contribution in [0.1, 0.15) is 19.9 Å². The zero-order chi connectivity index (χ0) is 20.2. The minimum atomic E-state index is 0. The topological polar surface area (TPSA) is 89.9 Å². The van der Waals surface area contributed by atoms with E-state index in [1.807, 2.05) is 12.1 Å². The van der Waals surface area contributed by atoms with Gasteiger partial charge in [0, 0.05) is 29.3 Å². The summed E-state index contributed by atoms with van der Waals surface area (Å²) in [6.45, 7) is 4.28. The van der Waals surface area contributed by atoms with Crippen LogP contribution >= 0.6 is 11.8 Å². The lowest BCUT2D eigenvalue weighted by Crippen LogP contribution is -2.44. The molecular formula is C22H28N6OS. The molecule has 1 atom stereocenters. The Morgan fingerprint density at radius 1 is 1.33 bits per heavy atom.